The lowest BCUT2D eigenvalue weighted by molar-refractivity contribution is 0.0638. The van der Waals surface area contributed by atoms with E-state index < -0.39 is 6.10 Å². The third kappa shape index (κ3) is 4.08. The van der Waals surface area contributed by atoms with E-state index in [1.807, 2.05) is 30.5 Å². The molecular formula is C25H25N3O2. The monoisotopic (exact) mass is 399 g/mol. The Hall–Kier alpha value is -3.15. The maximum Gasteiger partial charge on any atom is 0.120 e. The SMILES string of the molecule is OC(COc1cccc(-c2ccc3[nH]ncc3c2)c1)CN1CCc2ccccc2C1. The molecule has 30 heavy (non-hydrogen) atoms. The topological polar surface area (TPSA) is 61.4 Å². The van der Waals surface area contributed by atoms with Crippen LogP contribution in [0.25, 0.3) is 22.0 Å². The second kappa shape index (κ2) is 8.30. The highest BCUT2D eigenvalue weighted by atomic mass is 16.5. The van der Waals surface area contributed by atoms with Crippen molar-refractivity contribution in [2.45, 2.75) is 19.1 Å². The molecule has 5 heteroatoms. The van der Waals surface area contributed by atoms with E-state index in [4.69, 9.17) is 4.74 Å². The summed E-state index contributed by atoms with van der Waals surface area (Å²) in [5.74, 6) is 0.767. The Balaban J connectivity index is 1.20. The minimum absolute atomic E-state index is 0.280. The van der Waals surface area contributed by atoms with Gasteiger partial charge in [0.05, 0.1) is 11.7 Å². The largest absolute Gasteiger partial charge is 0.491 e. The number of aliphatic hydroxyl groups excluding tert-OH is 1. The number of aromatic amines is 1. The summed E-state index contributed by atoms with van der Waals surface area (Å²) in [6, 6.07) is 22.8. The first-order chi connectivity index (χ1) is 14.7. The Labute approximate surface area is 175 Å². The Morgan fingerprint density at radius 1 is 1.00 bits per heavy atom. The third-order valence-corrected chi connectivity index (χ3v) is 5.73. The fraction of sp³-hybridized carbons (Fsp3) is 0.240. The van der Waals surface area contributed by atoms with Gasteiger partial charge in [0.1, 0.15) is 18.5 Å². The molecule has 3 aromatic carbocycles. The van der Waals surface area contributed by atoms with Crippen molar-refractivity contribution in [3.8, 4) is 16.9 Å². The molecule has 4 aromatic rings. The first-order valence-corrected chi connectivity index (χ1v) is 10.4. The van der Waals surface area contributed by atoms with Gasteiger partial charge in [0, 0.05) is 25.0 Å². The lowest BCUT2D eigenvalue weighted by atomic mass is 10.00. The van der Waals surface area contributed by atoms with Gasteiger partial charge in [-0.15, -0.1) is 0 Å². The molecule has 0 fully saturated rings. The molecule has 0 amide bonds. The average Bonchev–Trinajstić information content (AvgIpc) is 3.26. The molecule has 2 N–H and O–H groups in total. The van der Waals surface area contributed by atoms with Gasteiger partial charge >= 0.3 is 0 Å². The summed E-state index contributed by atoms with van der Waals surface area (Å²) < 4.78 is 5.92. The van der Waals surface area contributed by atoms with Crippen LogP contribution >= 0.6 is 0 Å². The van der Waals surface area contributed by atoms with Crippen LogP contribution in [0.15, 0.2) is 72.9 Å². The molecule has 1 aliphatic heterocycles. The summed E-state index contributed by atoms with van der Waals surface area (Å²) in [7, 11) is 0. The summed E-state index contributed by atoms with van der Waals surface area (Å²) in [5, 5.41) is 18.7. The first-order valence-electron chi connectivity index (χ1n) is 10.4. The van der Waals surface area contributed by atoms with Crippen LogP contribution < -0.4 is 4.74 Å². The van der Waals surface area contributed by atoms with E-state index in [1.165, 1.54) is 11.1 Å². The van der Waals surface area contributed by atoms with Crippen LogP contribution in [0.2, 0.25) is 0 Å². The highest BCUT2D eigenvalue weighted by Gasteiger charge is 2.18. The highest BCUT2D eigenvalue weighted by Crippen LogP contribution is 2.26. The number of hydrogen-bond acceptors (Lipinski definition) is 4. The fourth-order valence-corrected chi connectivity index (χ4v) is 4.14. The van der Waals surface area contributed by atoms with Crippen LogP contribution in [0, 0.1) is 0 Å². The van der Waals surface area contributed by atoms with Gasteiger partial charge in [0.15, 0.2) is 0 Å². The number of nitrogens with one attached hydrogen (secondary N) is 1. The number of hydrogen-bond donors (Lipinski definition) is 2. The van der Waals surface area contributed by atoms with Crippen molar-refractivity contribution < 1.29 is 9.84 Å². The standard InChI is InChI=1S/C25H25N3O2/c29-23(16-28-11-10-18-4-1-2-5-21(18)15-28)17-30-24-7-3-6-19(13-24)20-8-9-25-22(12-20)14-26-27-25/h1-9,12-14,23,29H,10-11,15-17H2,(H,26,27). The van der Waals surface area contributed by atoms with Crippen molar-refractivity contribution in [2.75, 3.05) is 19.7 Å². The molecular weight excluding hydrogens is 374 g/mol. The summed E-state index contributed by atoms with van der Waals surface area (Å²) in [4.78, 5) is 2.30. The third-order valence-electron chi connectivity index (χ3n) is 5.73. The molecule has 0 radical (unpaired) electrons. The number of ether oxygens (including phenoxy) is 1. The van der Waals surface area contributed by atoms with E-state index in [0.717, 1.165) is 47.3 Å². The van der Waals surface area contributed by atoms with Crippen LogP contribution in [0.4, 0.5) is 0 Å². The average molecular weight is 399 g/mol. The van der Waals surface area contributed by atoms with Crippen LogP contribution in [0.3, 0.4) is 0 Å². The van der Waals surface area contributed by atoms with Crippen molar-refractivity contribution >= 4 is 10.9 Å². The summed E-state index contributed by atoms with van der Waals surface area (Å²) >= 11 is 0. The fourth-order valence-electron chi connectivity index (χ4n) is 4.14. The van der Waals surface area contributed by atoms with Crippen LogP contribution in [0.5, 0.6) is 5.75 Å². The van der Waals surface area contributed by atoms with E-state index in [2.05, 4.69) is 57.6 Å². The van der Waals surface area contributed by atoms with Gasteiger partial charge in [-0.25, -0.2) is 0 Å². The minimum atomic E-state index is -0.527. The van der Waals surface area contributed by atoms with Gasteiger partial charge in [0.25, 0.3) is 0 Å². The number of H-pyrrole nitrogens is 1. The number of rotatable bonds is 6. The summed E-state index contributed by atoms with van der Waals surface area (Å²) in [6.07, 6.45) is 2.34. The number of fused-ring (bicyclic) bond motifs is 2. The van der Waals surface area contributed by atoms with E-state index in [1.54, 1.807) is 0 Å². The predicted octanol–water partition coefficient (Wildman–Crippen LogP) is 4.03. The first kappa shape index (κ1) is 18.9. The van der Waals surface area contributed by atoms with Gasteiger partial charge in [-0.3, -0.25) is 10.00 Å². The van der Waals surface area contributed by atoms with Crippen molar-refractivity contribution in [1.82, 2.24) is 15.1 Å². The van der Waals surface area contributed by atoms with Gasteiger partial charge in [-0.05, 0) is 52.9 Å². The molecule has 1 aliphatic rings. The number of aliphatic hydroxyl groups is 1. The zero-order valence-electron chi connectivity index (χ0n) is 16.8. The molecule has 1 unspecified atom stereocenters. The predicted molar refractivity (Wildman–Crippen MR) is 118 cm³/mol. The van der Waals surface area contributed by atoms with E-state index in [-0.39, 0.29) is 6.61 Å². The molecule has 0 aliphatic carbocycles. The highest BCUT2D eigenvalue weighted by molar-refractivity contribution is 5.84. The van der Waals surface area contributed by atoms with Gasteiger partial charge in [-0.1, -0.05) is 42.5 Å². The zero-order valence-corrected chi connectivity index (χ0v) is 16.8. The van der Waals surface area contributed by atoms with Crippen molar-refractivity contribution in [2.24, 2.45) is 0 Å². The number of nitrogens with zero attached hydrogens (tertiary/aromatic N) is 2. The zero-order chi connectivity index (χ0) is 20.3. The molecule has 0 saturated carbocycles. The molecule has 0 bridgehead atoms. The number of aromatic nitrogens is 2. The smallest absolute Gasteiger partial charge is 0.120 e. The molecule has 2 heterocycles. The maximum absolute atomic E-state index is 10.5. The summed E-state index contributed by atoms with van der Waals surface area (Å²) in [6.45, 7) is 2.76. The van der Waals surface area contributed by atoms with E-state index >= 15 is 0 Å². The van der Waals surface area contributed by atoms with Crippen molar-refractivity contribution in [3.05, 3.63) is 84.1 Å². The van der Waals surface area contributed by atoms with Gasteiger partial charge in [-0.2, -0.15) is 5.10 Å². The molecule has 0 spiro atoms. The molecule has 5 rings (SSSR count). The quantitative estimate of drug-likeness (QED) is 0.514. The van der Waals surface area contributed by atoms with Gasteiger partial charge < -0.3 is 9.84 Å². The normalized spacial score (nSPS) is 15.1. The van der Waals surface area contributed by atoms with E-state index in [9.17, 15) is 5.11 Å². The van der Waals surface area contributed by atoms with Crippen LogP contribution in [-0.4, -0.2) is 46.0 Å². The Bertz CT molecular complexity index is 1150. The maximum atomic E-state index is 10.5. The molecule has 1 aromatic heterocycles. The Morgan fingerprint density at radius 2 is 1.87 bits per heavy atom. The lowest BCUT2D eigenvalue weighted by Gasteiger charge is -2.30. The molecule has 152 valence electrons. The lowest BCUT2D eigenvalue weighted by Crippen LogP contribution is -2.38. The summed E-state index contributed by atoms with van der Waals surface area (Å²) in [5.41, 5.74) is 6.00. The minimum Gasteiger partial charge on any atom is -0.491 e. The number of benzene rings is 3. The van der Waals surface area contributed by atoms with E-state index in [0.29, 0.717) is 6.54 Å². The Morgan fingerprint density at radius 3 is 2.80 bits per heavy atom. The molecule has 5 nitrogen and oxygen atoms in total. The van der Waals surface area contributed by atoms with Crippen LogP contribution in [0.1, 0.15) is 11.1 Å². The van der Waals surface area contributed by atoms with Crippen LogP contribution in [-0.2, 0) is 13.0 Å². The van der Waals surface area contributed by atoms with Crippen molar-refractivity contribution in [3.63, 3.8) is 0 Å². The molecule has 1 atom stereocenters. The second-order valence-corrected chi connectivity index (χ2v) is 7.92. The second-order valence-electron chi connectivity index (χ2n) is 7.92. The van der Waals surface area contributed by atoms with Crippen molar-refractivity contribution in [1.29, 1.82) is 0 Å². The van der Waals surface area contributed by atoms with Gasteiger partial charge in [0.2, 0.25) is 0 Å². The molecule has 0 saturated heterocycles. The number of β-amino-alcohol motifs (C(OH)–C–C–N with tert-alkyl or cyclic N) is 1. The Kier molecular flexibility index (Phi) is 5.22.